The largest absolute Gasteiger partial charge is 0.493 e. The molecule has 3 rings (SSSR count). The number of carbonyl (C=O) groups excluding carboxylic acids is 1. The molecule has 3 aromatic rings. The molecule has 35 heavy (non-hydrogen) atoms. The van der Waals surface area contributed by atoms with Crippen molar-refractivity contribution in [1.29, 1.82) is 0 Å². The number of nitrogens with zero attached hydrogens (tertiary/aromatic N) is 4. The van der Waals surface area contributed by atoms with Gasteiger partial charge < -0.3 is 19.4 Å². The second kappa shape index (κ2) is 11.2. The van der Waals surface area contributed by atoms with Crippen molar-refractivity contribution in [3.05, 3.63) is 50.9 Å². The molecular weight excluding hydrogens is 450 g/mol. The molecule has 1 amide bonds. The van der Waals surface area contributed by atoms with Crippen LogP contribution >= 0.6 is 0 Å². The van der Waals surface area contributed by atoms with E-state index >= 15 is 0 Å². The van der Waals surface area contributed by atoms with Crippen LogP contribution in [0.1, 0.15) is 33.3 Å². The van der Waals surface area contributed by atoms with Gasteiger partial charge in [0.2, 0.25) is 5.91 Å². The van der Waals surface area contributed by atoms with Crippen molar-refractivity contribution in [3.63, 3.8) is 0 Å². The second-order valence-electron chi connectivity index (χ2n) is 9.43. The summed E-state index contributed by atoms with van der Waals surface area (Å²) >= 11 is 0. The number of imidazole rings is 1. The van der Waals surface area contributed by atoms with Crippen molar-refractivity contribution in [2.45, 2.75) is 53.8 Å². The smallest absolute Gasteiger partial charge is 0.333 e. The lowest BCUT2D eigenvalue weighted by molar-refractivity contribution is -0.121. The number of fused-ring (bicyclic) bond motifs is 1. The Hall–Kier alpha value is -3.56. The molecule has 1 aromatic carbocycles. The maximum Gasteiger partial charge on any atom is 0.333 e. The first-order chi connectivity index (χ1) is 16.7. The molecule has 10 nitrogen and oxygen atoms in total. The summed E-state index contributed by atoms with van der Waals surface area (Å²) in [6.07, 6.45) is 2.15. The van der Waals surface area contributed by atoms with E-state index < -0.39 is 17.2 Å². The maximum absolute atomic E-state index is 13.3. The van der Waals surface area contributed by atoms with Gasteiger partial charge in [0.25, 0.3) is 5.56 Å². The van der Waals surface area contributed by atoms with E-state index in [9.17, 15) is 14.4 Å². The zero-order valence-electron chi connectivity index (χ0n) is 21.3. The van der Waals surface area contributed by atoms with Crippen molar-refractivity contribution in [3.8, 4) is 11.5 Å². The second-order valence-corrected chi connectivity index (χ2v) is 9.43. The van der Waals surface area contributed by atoms with Gasteiger partial charge in [-0.3, -0.25) is 14.2 Å². The standard InChI is InChI=1S/C25H35N5O5/c1-16(2)12-28-15-27-23-22(28)24(32)30(25(33)29(23)13-17(3)4)14-21(31)26-10-9-18-7-8-19(34-5)20(11-18)35-6/h7-8,11,15-17H,9-10,12-14H2,1-6H3,(H,26,31). The SMILES string of the molecule is COc1ccc(CCNC(=O)Cn2c(=O)c3c(ncn3CC(C)C)n(CC(C)C)c2=O)cc1OC. The summed E-state index contributed by atoms with van der Waals surface area (Å²) in [6.45, 7) is 9.03. The predicted molar refractivity (Wildman–Crippen MR) is 134 cm³/mol. The maximum atomic E-state index is 13.3. The van der Waals surface area contributed by atoms with Crippen LogP contribution in [0.4, 0.5) is 0 Å². The number of ether oxygens (including phenoxy) is 2. The van der Waals surface area contributed by atoms with Crippen LogP contribution in [-0.4, -0.2) is 45.4 Å². The van der Waals surface area contributed by atoms with Gasteiger partial charge in [-0.2, -0.15) is 0 Å². The van der Waals surface area contributed by atoms with Crippen molar-refractivity contribution in [2.75, 3.05) is 20.8 Å². The molecule has 0 aliphatic rings. The van der Waals surface area contributed by atoms with Crippen LogP contribution in [0.25, 0.3) is 11.2 Å². The molecule has 0 aliphatic carbocycles. The third-order valence-electron chi connectivity index (χ3n) is 5.58. The van der Waals surface area contributed by atoms with Crippen LogP contribution in [0.5, 0.6) is 11.5 Å². The van der Waals surface area contributed by atoms with Crippen molar-refractivity contribution in [2.24, 2.45) is 11.8 Å². The quantitative estimate of drug-likeness (QED) is 0.445. The Morgan fingerprint density at radius 2 is 1.69 bits per heavy atom. The lowest BCUT2D eigenvalue weighted by Crippen LogP contribution is -2.45. The number of aromatic nitrogens is 4. The minimum absolute atomic E-state index is 0.160. The molecule has 0 radical (unpaired) electrons. The third-order valence-corrected chi connectivity index (χ3v) is 5.58. The van der Waals surface area contributed by atoms with Gasteiger partial charge >= 0.3 is 5.69 Å². The molecule has 2 aromatic heterocycles. The predicted octanol–water partition coefficient (Wildman–Crippen LogP) is 2.05. The van der Waals surface area contributed by atoms with Crippen LogP contribution in [0, 0.1) is 11.8 Å². The van der Waals surface area contributed by atoms with Gasteiger partial charge in [-0.05, 0) is 36.0 Å². The fraction of sp³-hybridized carbons (Fsp3) is 0.520. The fourth-order valence-electron chi connectivity index (χ4n) is 4.02. The molecule has 0 saturated carbocycles. The van der Waals surface area contributed by atoms with Crippen LogP contribution in [-0.2, 0) is 30.8 Å². The van der Waals surface area contributed by atoms with Crippen molar-refractivity contribution in [1.82, 2.24) is 24.0 Å². The highest BCUT2D eigenvalue weighted by molar-refractivity contribution is 5.76. The zero-order valence-corrected chi connectivity index (χ0v) is 21.3. The number of carbonyl (C=O) groups is 1. The molecule has 10 heteroatoms. The molecule has 0 atom stereocenters. The average molecular weight is 486 g/mol. The molecular formula is C25H35N5O5. The number of hydrogen-bond acceptors (Lipinski definition) is 6. The summed E-state index contributed by atoms with van der Waals surface area (Å²) in [5, 5.41) is 2.81. The molecule has 0 bridgehead atoms. The van der Waals surface area contributed by atoms with E-state index in [2.05, 4.69) is 10.3 Å². The molecule has 1 N–H and O–H groups in total. The third kappa shape index (κ3) is 5.93. The highest BCUT2D eigenvalue weighted by Crippen LogP contribution is 2.27. The van der Waals surface area contributed by atoms with Gasteiger partial charge in [0.15, 0.2) is 22.7 Å². The molecule has 0 aliphatic heterocycles. The van der Waals surface area contributed by atoms with Gasteiger partial charge in [-0.15, -0.1) is 0 Å². The first-order valence-electron chi connectivity index (χ1n) is 11.8. The molecule has 0 fully saturated rings. The summed E-state index contributed by atoms with van der Waals surface area (Å²) in [5.41, 5.74) is 0.634. The Morgan fingerprint density at radius 1 is 1.00 bits per heavy atom. The lowest BCUT2D eigenvalue weighted by Gasteiger charge is -2.15. The van der Waals surface area contributed by atoms with Gasteiger partial charge in [0, 0.05) is 19.6 Å². The van der Waals surface area contributed by atoms with E-state index in [1.165, 1.54) is 4.57 Å². The molecule has 0 spiro atoms. The summed E-state index contributed by atoms with van der Waals surface area (Å²) in [6, 6.07) is 5.55. The summed E-state index contributed by atoms with van der Waals surface area (Å²) < 4.78 is 14.8. The Bertz CT molecular complexity index is 1300. The zero-order chi connectivity index (χ0) is 25.7. The Balaban J connectivity index is 1.83. The lowest BCUT2D eigenvalue weighted by atomic mass is 10.1. The van der Waals surface area contributed by atoms with E-state index in [1.807, 2.05) is 45.9 Å². The van der Waals surface area contributed by atoms with Gasteiger partial charge in [0.05, 0.1) is 20.5 Å². The number of rotatable bonds is 11. The molecule has 0 saturated heterocycles. The minimum Gasteiger partial charge on any atom is -0.493 e. The van der Waals surface area contributed by atoms with Crippen LogP contribution < -0.4 is 26.0 Å². The number of benzene rings is 1. The summed E-state index contributed by atoms with van der Waals surface area (Å²) in [7, 11) is 3.14. The number of nitrogens with one attached hydrogen (secondary N) is 1. The number of amides is 1. The Morgan fingerprint density at radius 3 is 2.31 bits per heavy atom. The van der Waals surface area contributed by atoms with E-state index in [4.69, 9.17) is 9.47 Å². The first kappa shape index (κ1) is 26.1. The van der Waals surface area contributed by atoms with Crippen molar-refractivity contribution < 1.29 is 14.3 Å². The van der Waals surface area contributed by atoms with Gasteiger partial charge in [-0.1, -0.05) is 33.8 Å². The Labute approximate surface area is 204 Å². The number of hydrogen-bond donors (Lipinski definition) is 1. The van der Waals surface area contributed by atoms with E-state index in [1.54, 1.807) is 25.1 Å². The van der Waals surface area contributed by atoms with E-state index in [-0.39, 0.29) is 18.4 Å². The first-order valence-corrected chi connectivity index (χ1v) is 11.8. The van der Waals surface area contributed by atoms with Crippen LogP contribution in [0.3, 0.4) is 0 Å². The number of methoxy groups -OCH3 is 2. The van der Waals surface area contributed by atoms with Gasteiger partial charge in [0.1, 0.15) is 6.54 Å². The van der Waals surface area contributed by atoms with E-state index in [0.29, 0.717) is 48.7 Å². The topological polar surface area (TPSA) is 109 Å². The fourth-order valence-corrected chi connectivity index (χ4v) is 4.02. The molecule has 190 valence electrons. The van der Waals surface area contributed by atoms with Crippen LogP contribution in [0.2, 0.25) is 0 Å². The highest BCUT2D eigenvalue weighted by Gasteiger charge is 2.20. The normalized spacial score (nSPS) is 11.4. The monoisotopic (exact) mass is 485 g/mol. The highest BCUT2D eigenvalue weighted by atomic mass is 16.5. The molecule has 2 heterocycles. The van der Waals surface area contributed by atoms with E-state index in [0.717, 1.165) is 10.1 Å². The summed E-state index contributed by atoms with van der Waals surface area (Å²) in [5.74, 6) is 1.28. The van der Waals surface area contributed by atoms with Crippen LogP contribution in [0.15, 0.2) is 34.1 Å². The van der Waals surface area contributed by atoms with Gasteiger partial charge in [-0.25, -0.2) is 14.3 Å². The average Bonchev–Trinajstić information content (AvgIpc) is 3.22. The minimum atomic E-state index is -0.527. The summed E-state index contributed by atoms with van der Waals surface area (Å²) in [4.78, 5) is 43.6. The Kier molecular flexibility index (Phi) is 8.37. The van der Waals surface area contributed by atoms with Crippen molar-refractivity contribution >= 4 is 17.1 Å². The molecule has 0 unspecified atom stereocenters.